The molecule has 0 aliphatic carbocycles. The number of hydrogen-bond acceptors (Lipinski definition) is 3. The number of amides is 2. The zero-order chi connectivity index (χ0) is 21.3. The molecule has 30 heavy (non-hydrogen) atoms. The summed E-state index contributed by atoms with van der Waals surface area (Å²) in [5.41, 5.74) is 1.92. The number of hydrogen-bond donors (Lipinski definition) is 1. The standard InChI is InChI=1S/C25H32N2O3/c1-19(2)20-10-12-21(13-11-20)25(29)26-22-14-16-27(17-15-22)24(28)9-6-18-30-23-7-4-3-5-8-23/h3-5,7-8,10-13,19,22H,6,9,14-18H2,1-2H3,(H,26,29). The van der Waals surface area contributed by atoms with Crippen LogP contribution in [0.4, 0.5) is 0 Å². The summed E-state index contributed by atoms with van der Waals surface area (Å²) in [6, 6.07) is 17.6. The molecule has 3 rings (SSSR count). The Labute approximate surface area is 179 Å². The van der Waals surface area contributed by atoms with Crippen molar-refractivity contribution in [1.82, 2.24) is 10.2 Å². The summed E-state index contributed by atoms with van der Waals surface area (Å²) < 4.78 is 5.65. The highest BCUT2D eigenvalue weighted by molar-refractivity contribution is 5.94. The van der Waals surface area contributed by atoms with E-state index in [0.717, 1.165) is 18.6 Å². The molecule has 2 amide bonds. The lowest BCUT2D eigenvalue weighted by Crippen LogP contribution is -2.46. The molecule has 0 atom stereocenters. The van der Waals surface area contributed by atoms with E-state index < -0.39 is 0 Å². The Kier molecular flexibility index (Phi) is 7.89. The van der Waals surface area contributed by atoms with E-state index in [4.69, 9.17) is 4.74 Å². The molecular formula is C25H32N2O3. The molecule has 1 heterocycles. The minimum Gasteiger partial charge on any atom is -0.494 e. The van der Waals surface area contributed by atoms with Gasteiger partial charge in [0.15, 0.2) is 0 Å². The molecule has 2 aromatic carbocycles. The summed E-state index contributed by atoms with van der Waals surface area (Å²) in [5, 5.41) is 3.12. The fourth-order valence-electron chi connectivity index (χ4n) is 3.65. The molecule has 0 spiro atoms. The van der Waals surface area contributed by atoms with Crippen molar-refractivity contribution in [3.63, 3.8) is 0 Å². The van der Waals surface area contributed by atoms with Gasteiger partial charge in [-0.3, -0.25) is 9.59 Å². The minimum absolute atomic E-state index is 0.0341. The Balaban J connectivity index is 1.35. The largest absolute Gasteiger partial charge is 0.494 e. The van der Waals surface area contributed by atoms with Crippen molar-refractivity contribution in [1.29, 1.82) is 0 Å². The van der Waals surface area contributed by atoms with Crippen LogP contribution < -0.4 is 10.1 Å². The van der Waals surface area contributed by atoms with E-state index in [2.05, 4.69) is 19.2 Å². The van der Waals surface area contributed by atoms with Crippen molar-refractivity contribution in [2.75, 3.05) is 19.7 Å². The third-order valence-corrected chi connectivity index (χ3v) is 5.57. The zero-order valence-electron chi connectivity index (χ0n) is 18.0. The molecule has 1 N–H and O–H groups in total. The average Bonchev–Trinajstić information content (AvgIpc) is 2.78. The van der Waals surface area contributed by atoms with E-state index in [9.17, 15) is 9.59 Å². The van der Waals surface area contributed by atoms with E-state index in [1.54, 1.807) is 0 Å². The molecule has 1 saturated heterocycles. The molecule has 0 aromatic heterocycles. The van der Waals surface area contributed by atoms with Crippen LogP contribution in [0.1, 0.15) is 61.4 Å². The third kappa shape index (κ3) is 6.34. The number of likely N-dealkylation sites (tertiary alicyclic amines) is 1. The number of piperidine rings is 1. The molecule has 1 aliphatic rings. The van der Waals surface area contributed by atoms with Crippen LogP contribution in [-0.2, 0) is 4.79 Å². The maximum atomic E-state index is 12.5. The number of nitrogens with one attached hydrogen (secondary N) is 1. The second-order valence-corrected chi connectivity index (χ2v) is 8.17. The number of benzene rings is 2. The Hall–Kier alpha value is -2.82. The van der Waals surface area contributed by atoms with Gasteiger partial charge in [-0.15, -0.1) is 0 Å². The van der Waals surface area contributed by atoms with Crippen molar-refractivity contribution in [3.05, 3.63) is 65.7 Å². The first kappa shape index (κ1) is 21.9. The quantitative estimate of drug-likeness (QED) is 0.659. The summed E-state index contributed by atoms with van der Waals surface area (Å²) in [4.78, 5) is 26.8. The summed E-state index contributed by atoms with van der Waals surface area (Å²) in [6.45, 7) is 6.20. The summed E-state index contributed by atoms with van der Waals surface area (Å²) in [5.74, 6) is 1.42. The van der Waals surface area contributed by atoms with Crippen LogP contribution in [0.2, 0.25) is 0 Å². The van der Waals surface area contributed by atoms with Crippen LogP contribution in [0.25, 0.3) is 0 Å². The lowest BCUT2D eigenvalue weighted by molar-refractivity contribution is -0.132. The van der Waals surface area contributed by atoms with Crippen LogP contribution in [0.5, 0.6) is 5.75 Å². The van der Waals surface area contributed by atoms with Gasteiger partial charge >= 0.3 is 0 Å². The molecule has 5 heteroatoms. The van der Waals surface area contributed by atoms with Crippen LogP contribution in [0, 0.1) is 0 Å². The van der Waals surface area contributed by atoms with Gasteiger partial charge in [0, 0.05) is 31.1 Å². The highest BCUT2D eigenvalue weighted by Gasteiger charge is 2.24. The molecule has 1 aliphatic heterocycles. The van der Waals surface area contributed by atoms with Gasteiger partial charge in [0.1, 0.15) is 5.75 Å². The Bertz CT molecular complexity index is 810. The van der Waals surface area contributed by atoms with Crippen LogP contribution in [0.3, 0.4) is 0 Å². The Morgan fingerprint density at radius 1 is 1.03 bits per heavy atom. The highest BCUT2D eigenvalue weighted by atomic mass is 16.5. The van der Waals surface area contributed by atoms with Gasteiger partial charge in [0.05, 0.1) is 6.61 Å². The predicted octanol–water partition coefficient (Wildman–Crippen LogP) is 4.39. The van der Waals surface area contributed by atoms with Crippen molar-refractivity contribution >= 4 is 11.8 Å². The topological polar surface area (TPSA) is 58.6 Å². The molecule has 1 fully saturated rings. The van der Waals surface area contributed by atoms with E-state index in [1.165, 1.54) is 5.56 Å². The Morgan fingerprint density at radius 2 is 1.70 bits per heavy atom. The third-order valence-electron chi connectivity index (χ3n) is 5.57. The molecule has 2 aromatic rings. The lowest BCUT2D eigenvalue weighted by atomic mass is 10.0. The van der Waals surface area contributed by atoms with Gasteiger partial charge in [0.2, 0.25) is 5.91 Å². The second kappa shape index (κ2) is 10.8. The smallest absolute Gasteiger partial charge is 0.251 e. The number of nitrogens with zero attached hydrogens (tertiary/aromatic N) is 1. The fourth-order valence-corrected chi connectivity index (χ4v) is 3.65. The maximum Gasteiger partial charge on any atom is 0.251 e. The first-order valence-corrected chi connectivity index (χ1v) is 10.9. The number of carbonyl (C=O) groups excluding carboxylic acids is 2. The first-order chi connectivity index (χ1) is 14.5. The predicted molar refractivity (Wildman–Crippen MR) is 119 cm³/mol. The fraction of sp³-hybridized carbons (Fsp3) is 0.440. The van der Waals surface area contributed by atoms with E-state index in [1.807, 2.05) is 59.5 Å². The molecule has 0 radical (unpaired) electrons. The first-order valence-electron chi connectivity index (χ1n) is 10.9. The van der Waals surface area contributed by atoms with Crippen molar-refractivity contribution in [2.24, 2.45) is 0 Å². The van der Waals surface area contributed by atoms with E-state index in [0.29, 0.717) is 44.0 Å². The lowest BCUT2D eigenvalue weighted by Gasteiger charge is -2.32. The molecule has 0 bridgehead atoms. The second-order valence-electron chi connectivity index (χ2n) is 8.17. The molecular weight excluding hydrogens is 376 g/mol. The monoisotopic (exact) mass is 408 g/mol. The summed E-state index contributed by atoms with van der Waals surface area (Å²) >= 11 is 0. The van der Waals surface area contributed by atoms with Crippen LogP contribution in [0.15, 0.2) is 54.6 Å². The van der Waals surface area contributed by atoms with Crippen molar-refractivity contribution in [3.8, 4) is 5.75 Å². The summed E-state index contributed by atoms with van der Waals surface area (Å²) in [7, 11) is 0. The highest BCUT2D eigenvalue weighted by Crippen LogP contribution is 2.16. The average molecular weight is 409 g/mol. The van der Waals surface area contributed by atoms with E-state index >= 15 is 0 Å². The van der Waals surface area contributed by atoms with Gasteiger partial charge in [-0.1, -0.05) is 44.2 Å². The van der Waals surface area contributed by atoms with Gasteiger partial charge in [-0.2, -0.15) is 0 Å². The molecule has 0 unspecified atom stereocenters. The zero-order valence-corrected chi connectivity index (χ0v) is 18.0. The van der Waals surface area contributed by atoms with Gasteiger partial charge < -0.3 is 15.0 Å². The Morgan fingerprint density at radius 3 is 2.33 bits per heavy atom. The van der Waals surface area contributed by atoms with Gasteiger partial charge in [0.25, 0.3) is 5.91 Å². The minimum atomic E-state index is -0.0341. The van der Waals surface area contributed by atoms with E-state index in [-0.39, 0.29) is 17.9 Å². The molecule has 5 nitrogen and oxygen atoms in total. The van der Waals surface area contributed by atoms with Gasteiger partial charge in [-0.05, 0) is 55.0 Å². The number of para-hydroxylation sites is 1. The van der Waals surface area contributed by atoms with Crippen LogP contribution in [-0.4, -0.2) is 42.5 Å². The van der Waals surface area contributed by atoms with Crippen molar-refractivity contribution < 1.29 is 14.3 Å². The molecule has 0 saturated carbocycles. The number of carbonyl (C=O) groups is 2. The van der Waals surface area contributed by atoms with Crippen molar-refractivity contribution in [2.45, 2.75) is 51.5 Å². The van der Waals surface area contributed by atoms with Gasteiger partial charge in [-0.25, -0.2) is 0 Å². The summed E-state index contributed by atoms with van der Waals surface area (Å²) in [6.07, 6.45) is 2.78. The number of rotatable bonds is 8. The normalized spacial score (nSPS) is 14.6. The maximum absolute atomic E-state index is 12.5. The molecule has 160 valence electrons. The number of ether oxygens (including phenoxy) is 1. The van der Waals surface area contributed by atoms with Crippen LogP contribution >= 0.6 is 0 Å². The SMILES string of the molecule is CC(C)c1ccc(C(=O)NC2CCN(C(=O)CCCOc3ccccc3)CC2)cc1.